The maximum absolute atomic E-state index is 6.22. The Balaban J connectivity index is 2.39. The Morgan fingerprint density at radius 3 is 2.15 bits per heavy atom. The first kappa shape index (κ1) is 15.2. The predicted molar refractivity (Wildman–Crippen MR) is 88.3 cm³/mol. The zero-order valence-corrected chi connectivity index (χ0v) is 13.3. The topological polar surface area (TPSA) is 15.3 Å². The van der Waals surface area contributed by atoms with Gasteiger partial charge in [-0.05, 0) is 44.8 Å². The second kappa shape index (κ2) is 6.49. The van der Waals surface area contributed by atoms with Gasteiger partial charge in [0.05, 0.1) is 15.7 Å². The number of halogens is 2. The molecule has 2 aromatic carbocycles. The van der Waals surface area contributed by atoms with Crippen molar-refractivity contribution in [1.29, 1.82) is 0 Å². The molecule has 0 heterocycles. The Labute approximate surface area is 130 Å². The molecule has 0 aliphatic rings. The van der Waals surface area contributed by atoms with Crippen LogP contribution in [0.4, 0.5) is 11.4 Å². The molecule has 0 amide bonds. The lowest BCUT2D eigenvalue weighted by atomic mass is 10.1. The first-order valence-electron chi connectivity index (χ1n) is 6.47. The molecule has 2 nitrogen and oxygen atoms in total. The highest BCUT2D eigenvalue weighted by atomic mass is 35.5. The molecule has 2 rings (SSSR count). The molecular formula is C16H18Cl2N2. The molecule has 1 N–H and O–H groups in total. The Bertz CT molecular complexity index is 577. The maximum Gasteiger partial charge on any atom is 0.0763 e. The highest BCUT2D eigenvalue weighted by Crippen LogP contribution is 2.35. The van der Waals surface area contributed by atoms with Crippen molar-refractivity contribution in [3.05, 3.63) is 58.1 Å². The quantitative estimate of drug-likeness (QED) is 0.818. The summed E-state index contributed by atoms with van der Waals surface area (Å²) in [6.07, 6.45) is 0. The molecule has 0 aromatic heterocycles. The molecule has 1 atom stereocenters. The second-order valence-corrected chi connectivity index (χ2v) is 5.76. The monoisotopic (exact) mass is 308 g/mol. The summed E-state index contributed by atoms with van der Waals surface area (Å²) in [5.41, 5.74) is 2.96. The van der Waals surface area contributed by atoms with E-state index in [1.165, 1.54) is 5.56 Å². The van der Waals surface area contributed by atoms with E-state index in [0.29, 0.717) is 16.1 Å². The van der Waals surface area contributed by atoms with Crippen LogP contribution in [0.5, 0.6) is 0 Å². The van der Waals surface area contributed by atoms with Gasteiger partial charge < -0.3 is 10.2 Å². The van der Waals surface area contributed by atoms with Crippen LogP contribution in [0.3, 0.4) is 0 Å². The van der Waals surface area contributed by atoms with E-state index in [1.54, 1.807) is 0 Å². The molecular weight excluding hydrogens is 291 g/mol. The minimum absolute atomic E-state index is 0.292. The fourth-order valence-electron chi connectivity index (χ4n) is 2.01. The lowest BCUT2D eigenvalue weighted by Gasteiger charge is -2.23. The fourth-order valence-corrected chi connectivity index (χ4v) is 2.50. The molecule has 0 spiro atoms. The molecule has 20 heavy (non-hydrogen) atoms. The van der Waals surface area contributed by atoms with Crippen molar-refractivity contribution in [2.24, 2.45) is 0 Å². The molecule has 0 radical (unpaired) electrons. The number of rotatable bonds is 4. The molecule has 4 heteroatoms. The predicted octanol–water partition coefficient (Wildman–Crippen LogP) is 5.36. The smallest absolute Gasteiger partial charge is 0.0763 e. The SMILES string of the molecule is CC(c1ccccc1Nc1c(Cl)cccc1Cl)N(C)C. The molecule has 106 valence electrons. The van der Waals surface area contributed by atoms with Gasteiger partial charge >= 0.3 is 0 Å². The third kappa shape index (κ3) is 3.26. The molecule has 0 aliphatic carbocycles. The summed E-state index contributed by atoms with van der Waals surface area (Å²) < 4.78 is 0. The van der Waals surface area contributed by atoms with Gasteiger partial charge in [0.1, 0.15) is 0 Å². The fraction of sp³-hybridized carbons (Fsp3) is 0.250. The number of para-hydroxylation sites is 2. The minimum atomic E-state index is 0.292. The van der Waals surface area contributed by atoms with Gasteiger partial charge in [0.25, 0.3) is 0 Å². The van der Waals surface area contributed by atoms with E-state index in [1.807, 2.05) is 36.4 Å². The van der Waals surface area contributed by atoms with Gasteiger partial charge in [-0.25, -0.2) is 0 Å². The highest BCUT2D eigenvalue weighted by Gasteiger charge is 2.14. The van der Waals surface area contributed by atoms with E-state index in [2.05, 4.69) is 37.3 Å². The van der Waals surface area contributed by atoms with Crippen molar-refractivity contribution in [2.45, 2.75) is 13.0 Å². The highest BCUT2D eigenvalue weighted by molar-refractivity contribution is 6.39. The Morgan fingerprint density at radius 2 is 1.55 bits per heavy atom. The summed E-state index contributed by atoms with van der Waals surface area (Å²) in [6, 6.07) is 14.0. The third-order valence-electron chi connectivity index (χ3n) is 3.41. The standard InChI is InChI=1S/C16H18Cl2N2/c1-11(20(2)3)12-7-4-5-10-15(12)19-16-13(17)8-6-9-14(16)18/h4-11,19H,1-3H3. The van der Waals surface area contributed by atoms with E-state index in [-0.39, 0.29) is 0 Å². The third-order valence-corrected chi connectivity index (χ3v) is 4.04. The van der Waals surface area contributed by atoms with E-state index in [9.17, 15) is 0 Å². The number of nitrogens with one attached hydrogen (secondary N) is 1. The van der Waals surface area contributed by atoms with E-state index in [0.717, 1.165) is 11.4 Å². The van der Waals surface area contributed by atoms with Crippen molar-refractivity contribution in [2.75, 3.05) is 19.4 Å². The van der Waals surface area contributed by atoms with Crippen LogP contribution >= 0.6 is 23.2 Å². The summed E-state index contributed by atoms with van der Waals surface area (Å²) in [5.74, 6) is 0. The first-order valence-corrected chi connectivity index (χ1v) is 7.22. The van der Waals surface area contributed by atoms with Gasteiger partial charge in [0.2, 0.25) is 0 Å². The van der Waals surface area contributed by atoms with Crippen molar-refractivity contribution in [3.8, 4) is 0 Å². The molecule has 0 saturated carbocycles. The van der Waals surface area contributed by atoms with Crippen LogP contribution in [0.1, 0.15) is 18.5 Å². The molecule has 0 fully saturated rings. The minimum Gasteiger partial charge on any atom is -0.353 e. The summed E-state index contributed by atoms with van der Waals surface area (Å²) in [4.78, 5) is 2.16. The van der Waals surface area contributed by atoms with E-state index < -0.39 is 0 Å². The summed E-state index contributed by atoms with van der Waals surface area (Å²) in [5, 5.41) is 4.59. The normalized spacial score (nSPS) is 12.5. The van der Waals surface area contributed by atoms with Crippen LogP contribution in [0, 0.1) is 0 Å². The van der Waals surface area contributed by atoms with E-state index >= 15 is 0 Å². The zero-order chi connectivity index (χ0) is 14.7. The molecule has 0 saturated heterocycles. The van der Waals surface area contributed by atoms with Crippen LogP contribution in [-0.4, -0.2) is 19.0 Å². The maximum atomic E-state index is 6.22. The van der Waals surface area contributed by atoms with Gasteiger partial charge in [-0.3, -0.25) is 0 Å². The van der Waals surface area contributed by atoms with Crippen molar-refractivity contribution in [3.63, 3.8) is 0 Å². The zero-order valence-electron chi connectivity index (χ0n) is 11.8. The van der Waals surface area contributed by atoms with Crippen LogP contribution < -0.4 is 5.32 Å². The number of hydrogen-bond acceptors (Lipinski definition) is 2. The molecule has 2 aromatic rings. The van der Waals surface area contributed by atoms with Gasteiger partial charge in [-0.1, -0.05) is 47.5 Å². The molecule has 0 bridgehead atoms. The van der Waals surface area contributed by atoms with Crippen molar-refractivity contribution < 1.29 is 0 Å². The lowest BCUT2D eigenvalue weighted by molar-refractivity contribution is 0.322. The average Bonchev–Trinajstić information content (AvgIpc) is 2.42. The van der Waals surface area contributed by atoms with Crippen molar-refractivity contribution >= 4 is 34.6 Å². The second-order valence-electron chi connectivity index (χ2n) is 4.95. The van der Waals surface area contributed by atoms with Gasteiger partial charge in [-0.15, -0.1) is 0 Å². The first-order chi connectivity index (χ1) is 9.50. The lowest BCUT2D eigenvalue weighted by Crippen LogP contribution is -2.17. The molecule has 0 aliphatic heterocycles. The number of hydrogen-bond donors (Lipinski definition) is 1. The number of anilines is 2. The number of nitrogens with zero attached hydrogens (tertiary/aromatic N) is 1. The Morgan fingerprint density at radius 1 is 0.950 bits per heavy atom. The number of benzene rings is 2. The largest absolute Gasteiger partial charge is 0.353 e. The summed E-state index contributed by atoms with van der Waals surface area (Å²) in [6.45, 7) is 2.16. The average molecular weight is 309 g/mol. The van der Waals surface area contributed by atoms with E-state index in [4.69, 9.17) is 23.2 Å². The Hall–Kier alpha value is -1.22. The van der Waals surface area contributed by atoms with Crippen molar-refractivity contribution in [1.82, 2.24) is 4.90 Å². The summed E-state index contributed by atoms with van der Waals surface area (Å²) in [7, 11) is 4.12. The van der Waals surface area contributed by atoms with Crippen LogP contribution in [0.15, 0.2) is 42.5 Å². The van der Waals surface area contributed by atoms with Gasteiger partial charge in [0.15, 0.2) is 0 Å². The van der Waals surface area contributed by atoms with Crippen LogP contribution in [0.2, 0.25) is 10.0 Å². The van der Waals surface area contributed by atoms with Gasteiger partial charge in [-0.2, -0.15) is 0 Å². The Kier molecular flexibility index (Phi) is 4.92. The van der Waals surface area contributed by atoms with Gasteiger partial charge in [0, 0.05) is 11.7 Å². The molecule has 1 unspecified atom stereocenters. The van der Waals surface area contributed by atoms with Crippen LogP contribution in [-0.2, 0) is 0 Å². The summed E-state index contributed by atoms with van der Waals surface area (Å²) >= 11 is 12.4. The van der Waals surface area contributed by atoms with Crippen LogP contribution in [0.25, 0.3) is 0 Å².